The fourth-order valence-corrected chi connectivity index (χ4v) is 6.99. The maximum absolute atomic E-state index is 13.4. The molecule has 0 saturated carbocycles. The van der Waals surface area contributed by atoms with Crippen molar-refractivity contribution in [3.05, 3.63) is 126 Å². The number of para-hydroxylation sites is 3. The maximum Gasteiger partial charge on any atom is 0.208 e. The van der Waals surface area contributed by atoms with E-state index in [-0.39, 0.29) is 26.7 Å². The summed E-state index contributed by atoms with van der Waals surface area (Å²) in [6, 6.07) is 36.1. The molecule has 0 radical (unpaired) electrons. The molecule has 36 heavy (non-hydrogen) atoms. The fraction of sp³-hybridized carbons (Fsp3) is 0. The summed E-state index contributed by atoms with van der Waals surface area (Å²) in [7, 11) is -3.77. The minimum Gasteiger partial charge on any atom is -0.309 e. The molecule has 0 N–H and O–H groups in total. The molecule has 0 atom stereocenters. The van der Waals surface area contributed by atoms with E-state index in [0.29, 0.717) is 0 Å². The van der Waals surface area contributed by atoms with Crippen molar-refractivity contribution in [2.24, 2.45) is 0 Å². The number of fused-ring (bicyclic) bond motifs is 5. The molecule has 0 fully saturated rings. The van der Waals surface area contributed by atoms with E-state index in [1.165, 1.54) is 6.07 Å². The van der Waals surface area contributed by atoms with Crippen molar-refractivity contribution in [3.63, 3.8) is 0 Å². The van der Waals surface area contributed by atoms with Crippen LogP contribution in [0.3, 0.4) is 0 Å². The normalized spacial score (nSPS) is 14.1. The minimum absolute atomic E-state index is 0.0595. The average molecular weight is 486 g/mol. The van der Waals surface area contributed by atoms with Crippen LogP contribution in [0.1, 0.15) is 15.9 Å². The molecule has 0 bridgehead atoms. The Hall–Kier alpha value is -4.48. The molecule has 1 aliphatic heterocycles. The SMILES string of the molecule is O=C1c2ccccc2S(=O)(=O)c2ccc(-c3ccccc3-n3c4ccccc4c4ccccc43)cc21. The van der Waals surface area contributed by atoms with Gasteiger partial charge in [0, 0.05) is 27.5 Å². The molecule has 5 heteroatoms. The van der Waals surface area contributed by atoms with Gasteiger partial charge >= 0.3 is 0 Å². The van der Waals surface area contributed by atoms with Crippen LogP contribution in [0, 0.1) is 0 Å². The van der Waals surface area contributed by atoms with E-state index < -0.39 is 9.84 Å². The summed E-state index contributed by atoms with van der Waals surface area (Å²) in [5.41, 5.74) is 5.25. The van der Waals surface area contributed by atoms with Gasteiger partial charge < -0.3 is 4.57 Å². The number of ketones is 1. The Morgan fingerprint density at radius 1 is 0.528 bits per heavy atom. The van der Waals surface area contributed by atoms with Crippen LogP contribution in [0.15, 0.2) is 125 Å². The zero-order valence-electron chi connectivity index (χ0n) is 19.0. The standard InChI is InChI=1S/C31H19NO3S/c33-31-24-12-4-8-16-29(24)36(34,35)30-18-17-20(19-25(30)31)21-9-1-5-13-26(21)32-27-14-6-2-10-22(27)23-11-3-7-15-28(23)32/h1-19H. The lowest BCUT2D eigenvalue weighted by molar-refractivity contribution is 0.103. The first kappa shape index (κ1) is 20.9. The van der Waals surface area contributed by atoms with Crippen LogP contribution in [-0.2, 0) is 9.84 Å². The second-order valence-electron chi connectivity index (χ2n) is 8.93. The predicted molar refractivity (Wildman–Crippen MR) is 142 cm³/mol. The van der Waals surface area contributed by atoms with E-state index in [2.05, 4.69) is 34.9 Å². The third-order valence-electron chi connectivity index (χ3n) is 6.97. The van der Waals surface area contributed by atoms with E-state index in [9.17, 15) is 13.2 Å². The highest BCUT2D eigenvalue weighted by atomic mass is 32.2. The second kappa shape index (κ2) is 7.51. The van der Waals surface area contributed by atoms with Crippen LogP contribution < -0.4 is 0 Å². The number of nitrogens with zero attached hydrogens (tertiary/aromatic N) is 1. The van der Waals surface area contributed by atoms with Gasteiger partial charge in [0.2, 0.25) is 9.84 Å². The summed E-state index contributed by atoms with van der Waals surface area (Å²) >= 11 is 0. The molecule has 1 aromatic heterocycles. The number of aromatic nitrogens is 1. The third-order valence-corrected chi connectivity index (χ3v) is 8.84. The first-order valence-electron chi connectivity index (χ1n) is 11.7. The Bertz CT molecular complexity index is 1930. The highest BCUT2D eigenvalue weighted by molar-refractivity contribution is 7.91. The van der Waals surface area contributed by atoms with Gasteiger partial charge in [-0.05, 0) is 48.0 Å². The lowest BCUT2D eigenvalue weighted by Gasteiger charge is -2.20. The van der Waals surface area contributed by atoms with E-state index in [4.69, 9.17) is 0 Å². The highest BCUT2D eigenvalue weighted by Gasteiger charge is 2.34. The number of carbonyl (C=O) groups excluding carboxylic acids is 1. The Balaban J connectivity index is 1.49. The number of hydrogen-bond acceptors (Lipinski definition) is 3. The largest absolute Gasteiger partial charge is 0.309 e. The summed E-state index contributed by atoms with van der Waals surface area (Å²) in [6.45, 7) is 0. The van der Waals surface area contributed by atoms with Crippen molar-refractivity contribution in [2.75, 3.05) is 0 Å². The van der Waals surface area contributed by atoms with Crippen molar-refractivity contribution < 1.29 is 13.2 Å². The Morgan fingerprint density at radius 3 is 1.81 bits per heavy atom. The van der Waals surface area contributed by atoms with Crippen LogP contribution in [0.4, 0.5) is 0 Å². The van der Waals surface area contributed by atoms with E-state index >= 15 is 0 Å². The lowest BCUT2D eigenvalue weighted by Crippen LogP contribution is -2.20. The third kappa shape index (κ3) is 2.81. The molecule has 172 valence electrons. The number of rotatable bonds is 2. The number of sulfone groups is 1. The maximum atomic E-state index is 13.4. The number of carbonyl (C=O) groups is 1. The smallest absolute Gasteiger partial charge is 0.208 e. The van der Waals surface area contributed by atoms with Crippen molar-refractivity contribution in [2.45, 2.75) is 9.79 Å². The molecule has 0 spiro atoms. The van der Waals surface area contributed by atoms with E-state index in [1.54, 1.807) is 36.4 Å². The van der Waals surface area contributed by atoms with Crippen molar-refractivity contribution >= 4 is 37.4 Å². The van der Waals surface area contributed by atoms with Gasteiger partial charge in [-0.15, -0.1) is 0 Å². The summed E-state index contributed by atoms with van der Waals surface area (Å²) < 4.78 is 28.8. The highest BCUT2D eigenvalue weighted by Crippen LogP contribution is 2.39. The van der Waals surface area contributed by atoms with Gasteiger partial charge in [0.1, 0.15) is 0 Å². The predicted octanol–water partition coefficient (Wildman–Crippen LogP) is 6.83. The monoisotopic (exact) mass is 485 g/mol. The molecule has 1 aliphatic rings. The van der Waals surface area contributed by atoms with Gasteiger partial charge in [0.25, 0.3) is 0 Å². The van der Waals surface area contributed by atoms with Crippen LogP contribution >= 0.6 is 0 Å². The summed E-state index contributed by atoms with van der Waals surface area (Å²) in [6.07, 6.45) is 0. The number of benzene rings is 5. The molecule has 6 aromatic rings. The van der Waals surface area contributed by atoms with E-state index in [1.807, 2.05) is 42.5 Å². The van der Waals surface area contributed by atoms with Crippen molar-refractivity contribution in [1.29, 1.82) is 0 Å². The van der Waals surface area contributed by atoms with Crippen LogP contribution in [0.5, 0.6) is 0 Å². The molecular weight excluding hydrogens is 466 g/mol. The molecule has 0 amide bonds. The molecule has 2 heterocycles. The molecule has 4 nitrogen and oxygen atoms in total. The summed E-state index contributed by atoms with van der Waals surface area (Å²) in [5, 5.41) is 2.32. The Labute approximate surface area is 208 Å². The molecular formula is C31H19NO3S. The van der Waals surface area contributed by atoms with E-state index in [0.717, 1.165) is 38.6 Å². The topological polar surface area (TPSA) is 56.1 Å². The minimum atomic E-state index is -3.77. The molecule has 0 aliphatic carbocycles. The average Bonchev–Trinajstić information content (AvgIpc) is 3.26. The summed E-state index contributed by atoms with van der Waals surface area (Å²) in [5.74, 6) is -0.272. The first-order valence-corrected chi connectivity index (χ1v) is 13.1. The Morgan fingerprint density at radius 2 is 1.08 bits per heavy atom. The quantitative estimate of drug-likeness (QED) is 0.270. The number of hydrogen-bond donors (Lipinski definition) is 0. The van der Waals surface area contributed by atoms with Crippen LogP contribution in [0.25, 0.3) is 38.6 Å². The van der Waals surface area contributed by atoms with Gasteiger partial charge in [-0.25, -0.2) is 8.42 Å². The van der Waals surface area contributed by atoms with Crippen LogP contribution in [0.2, 0.25) is 0 Å². The molecule has 0 saturated heterocycles. The molecule has 5 aromatic carbocycles. The van der Waals surface area contributed by atoms with Gasteiger partial charge in [-0.3, -0.25) is 4.79 Å². The first-order chi connectivity index (χ1) is 17.6. The van der Waals surface area contributed by atoms with Gasteiger partial charge in [0.15, 0.2) is 5.78 Å². The van der Waals surface area contributed by atoms with Crippen molar-refractivity contribution in [3.8, 4) is 16.8 Å². The fourth-order valence-electron chi connectivity index (χ4n) is 5.36. The zero-order valence-corrected chi connectivity index (χ0v) is 19.9. The lowest BCUT2D eigenvalue weighted by atomic mass is 9.96. The zero-order chi connectivity index (χ0) is 24.4. The summed E-state index contributed by atoms with van der Waals surface area (Å²) in [4.78, 5) is 13.5. The molecule has 0 unspecified atom stereocenters. The van der Waals surface area contributed by atoms with Crippen LogP contribution in [-0.4, -0.2) is 18.8 Å². The van der Waals surface area contributed by atoms with Crippen molar-refractivity contribution in [1.82, 2.24) is 4.57 Å². The molecule has 7 rings (SSSR count). The Kier molecular flexibility index (Phi) is 4.35. The van der Waals surface area contributed by atoms with Gasteiger partial charge in [-0.2, -0.15) is 0 Å². The van der Waals surface area contributed by atoms with Gasteiger partial charge in [0.05, 0.1) is 26.5 Å². The van der Waals surface area contributed by atoms with Gasteiger partial charge in [-0.1, -0.05) is 72.8 Å². The second-order valence-corrected chi connectivity index (χ2v) is 10.8.